The lowest BCUT2D eigenvalue weighted by Gasteiger charge is -2.31. The zero-order valence-electron chi connectivity index (χ0n) is 23.5. The Morgan fingerprint density at radius 3 is 2.58 bits per heavy atom. The Hall–Kier alpha value is -3.89. The van der Waals surface area contributed by atoms with Crippen LogP contribution in [0.1, 0.15) is 64.4 Å². The van der Waals surface area contributed by atoms with Gasteiger partial charge in [-0.2, -0.15) is 0 Å². The highest BCUT2D eigenvalue weighted by Gasteiger charge is 2.40. The number of nitrogens with zero attached hydrogens (tertiary/aromatic N) is 4. The van der Waals surface area contributed by atoms with Gasteiger partial charge in [0.05, 0.1) is 27.5 Å². The Bertz CT molecular complexity index is 1530. The van der Waals surface area contributed by atoms with Gasteiger partial charge in [-0.3, -0.25) is 4.79 Å². The van der Waals surface area contributed by atoms with Gasteiger partial charge in [-0.25, -0.2) is 27.9 Å². The molecule has 0 saturated carbocycles. The summed E-state index contributed by atoms with van der Waals surface area (Å²) in [6, 6.07) is 5.20. The number of hydrogen-bond acceptors (Lipinski definition) is 6. The Morgan fingerprint density at radius 2 is 1.95 bits per heavy atom. The second-order valence-corrected chi connectivity index (χ2v) is 11.6. The molecule has 3 heterocycles. The highest BCUT2D eigenvalue weighted by Crippen LogP contribution is 2.35. The van der Waals surface area contributed by atoms with Crippen LogP contribution in [0.5, 0.6) is 0 Å². The fourth-order valence-corrected chi connectivity index (χ4v) is 4.95. The van der Waals surface area contributed by atoms with E-state index in [0.717, 1.165) is 6.07 Å². The first-order valence-corrected chi connectivity index (χ1v) is 13.0. The number of amides is 1. The number of carbonyl (C=O) groups is 1. The maximum Gasteiger partial charge on any atom is 0.410 e. The molecular weight excluding hydrogens is 523 g/mol. The van der Waals surface area contributed by atoms with E-state index in [4.69, 9.17) is 4.74 Å². The summed E-state index contributed by atoms with van der Waals surface area (Å²) in [7, 11) is 0. The van der Waals surface area contributed by atoms with Gasteiger partial charge in [0.25, 0.3) is 12.0 Å². The molecule has 2 atom stereocenters. The summed E-state index contributed by atoms with van der Waals surface area (Å²) in [5.74, 6) is -0.422. The molecule has 214 valence electrons. The lowest BCUT2D eigenvalue weighted by atomic mass is 9.90. The van der Waals surface area contributed by atoms with Crippen molar-refractivity contribution in [2.75, 3.05) is 18.4 Å². The van der Waals surface area contributed by atoms with Crippen LogP contribution in [-0.2, 0) is 15.8 Å². The lowest BCUT2D eigenvalue weighted by molar-refractivity contribution is 0.0277. The maximum atomic E-state index is 15.2. The molecule has 1 fully saturated rings. The van der Waals surface area contributed by atoms with Crippen molar-refractivity contribution in [3.05, 3.63) is 76.2 Å². The van der Waals surface area contributed by atoms with Gasteiger partial charge in [-0.1, -0.05) is 24.3 Å². The number of fused-ring (bicyclic) bond motifs is 1. The van der Waals surface area contributed by atoms with E-state index in [0.29, 0.717) is 29.7 Å². The molecule has 3 aromatic rings. The molecule has 1 aliphatic rings. The van der Waals surface area contributed by atoms with E-state index < -0.39 is 40.6 Å². The van der Waals surface area contributed by atoms with Crippen molar-refractivity contribution in [1.29, 1.82) is 0 Å². The third-order valence-electron chi connectivity index (χ3n) is 7.14. The summed E-state index contributed by atoms with van der Waals surface area (Å²) >= 11 is 0. The number of hydrogen-bond donors (Lipinski definition) is 1. The van der Waals surface area contributed by atoms with Crippen molar-refractivity contribution in [3.8, 4) is 0 Å². The number of aromatic nitrogens is 3. The van der Waals surface area contributed by atoms with E-state index >= 15 is 4.39 Å². The Balaban J connectivity index is 1.78. The topological polar surface area (TPSA) is 89.4 Å². The first kappa shape index (κ1) is 29.1. The van der Waals surface area contributed by atoms with Crippen LogP contribution in [-0.4, -0.2) is 44.2 Å². The number of rotatable bonds is 6. The number of anilines is 1. The van der Waals surface area contributed by atoms with Gasteiger partial charge in [0.2, 0.25) is 0 Å². The normalized spacial score (nSPS) is 19.1. The Kier molecular flexibility index (Phi) is 7.46. The van der Waals surface area contributed by atoms with Gasteiger partial charge in [0.15, 0.2) is 0 Å². The minimum Gasteiger partial charge on any atom is -0.444 e. The number of ether oxygens (including phenoxy) is 1. The fourth-order valence-electron chi connectivity index (χ4n) is 4.95. The van der Waals surface area contributed by atoms with E-state index in [9.17, 15) is 18.4 Å². The average Bonchev–Trinajstić information content (AvgIpc) is 3.25. The van der Waals surface area contributed by atoms with Crippen LogP contribution in [0.25, 0.3) is 10.9 Å². The molecule has 0 spiro atoms. The molecule has 2 unspecified atom stereocenters. The molecule has 0 bridgehead atoms. The van der Waals surface area contributed by atoms with Crippen molar-refractivity contribution in [1.82, 2.24) is 19.4 Å². The van der Waals surface area contributed by atoms with Crippen molar-refractivity contribution < 1.29 is 22.7 Å². The van der Waals surface area contributed by atoms with Crippen molar-refractivity contribution >= 4 is 22.8 Å². The minimum absolute atomic E-state index is 0.0335. The SMILES string of the molecule is C=CC(C)(Nc1nc(C)nc2cc(=O)n(C3(C)CCN(C(=O)OC(C)(C)C)C3)cc12)c1cccc(C(F)F)c1F. The van der Waals surface area contributed by atoms with Crippen LogP contribution >= 0.6 is 0 Å². The van der Waals surface area contributed by atoms with Crippen LogP contribution in [0.4, 0.5) is 23.8 Å². The van der Waals surface area contributed by atoms with Crippen molar-refractivity contribution in [2.24, 2.45) is 0 Å². The van der Waals surface area contributed by atoms with E-state index in [1.807, 2.05) is 6.92 Å². The molecule has 1 amide bonds. The third-order valence-corrected chi connectivity index (χ3v) is 7.14. The maximum absolute atomic E-state index is 15.2. The largest absolute Gasteiger partial charge is 0.444 e. The molecule has 0 radical (unpaired) electrons. The quantitative estimate of drug-likeness (QED) is 0.372. The van der Waals surface area contributed by atoms with Gasteiger partial charge in [0, 0.05) is 30.9 Å². The second-order valence-electron chi connectivity index (χ2n) is 11.6. The van der Waals surface area contributed by atoms with E-state index in [-0.39, 0.29) is 23.5 Å². The van der Waals surface area contributed by atoms with Gasteiger partial charge in [-0.05, 0) is 48.0 Å². The molecule has 11 heteroatoms. The number of benzene rings is 1. The molecule has 1 N–H and O–H groups in total. The number of likely N-dealkylation sites (tertiary alicyclic amines) is 1. The van der Waals surface area contributed by atoms with Crippen LogP contribution in [0, 0.1) is 12.7 Å². The lowest BCUT2D eigenvalue weighted by Crippen LogP contribution is -2.43. The Labute approximate surface area is 230 Å². The van der Waals surface area contributed by atoms with Crippen LogP contribution in [0.2, 0.25) is 0 Å². The average molecular weight is 558 g/mol. The molecule has 2 aromatic heterocycles. The second kappa shape index (κ2) is 10.3. The molecule has 40 heavy (non-hydrogen) atoms. The Morgan fingerprint density at radius 1 is 1.25 bits per heavy atom. The number of carbonyl (C=O) groups excluding carboxylic acids is 1. The molecule has 1 aliphatic heterocycles. The first-order valence-electron chi connectivity index (χ1n) is 13.0. The monoisotopic (exact) mass is 557 g/mol. The molecule has 1 saturated heterocycles. The van der Waals surface area contributed by atoms with Crippen LogP contribution in [0.15, 0.2) is 47.9 Å². The van der Waals surface area contributed by atoms with Crippen molar-refractivity contribution in [2.45, 2.75) is 71.1 Å². The van der Waals surface area contributed by atoms with E-state index in [2.05, 4.69) is 21.9 Å². The minimum atomic E-state index is -2.99. The van der Waals surface area contributed by atoms with Crippen molar-refractivity contribution in [3.63, 3.8) is 0 Å². The summed E-state index contributed by atoms with van der Waals surface area (Å²) in [6.07, 6.45) is 0.0901. The molecular formula is C29H34F3N5O3. The summed E-state index contributed by atoms with van der Waals surface area (Å²) in [5.41, 5.74) is -3.44. The number of nitrogens with one attached hydrogen (secondary N) is 1. The predicted molar refractivity (Wildman–Crippen MR) is 147 cm³/mol. The van der Waals surface area contributed by atoms with Gasteiger partial charge in [0.1, 0.15) is 23.1 Å². The summed E-state index contributed by atoms with van der Waals surface area (Å²) < 4.78 is 49.1. The smallest absolute Gasteiger partial charge is 0.410 e. The fraction of sp³-hybridized carbons (Fsp3) is 0.448. The molecule has 4 rings (SSSR count). The highest BCUT2D eigenvalue weighted by atomic mass is 19.3. The highest BCUT2D eigenvalue weighted by molar-refractivity contribution is 5.88. The number of pyridine rings is 1. The molecule has 0 aliphatic carbocycles. The third kappa shape index (κ3) is 5.55. The van der Waals surface area contributed by atoms with Gasteiger partial charge >= 0.3 is 6.09 Å². The molecule has 1 aromatic carbocycles. The molecule has 8 nitrogen and oxygen atoms in total. The summed E-state index contributed by atoms with van der Waals surface area (Å²) in [5, 5.41) is 3.62. The predicted octanol–water partition coefficient (Wildman–Crippen LogP) is 6.05. The number of aryl methyl sites for hydroxylation is 1. The standard InChI is InChI=1S/C29H34F3N5O3/c1-8-29(7,20-11-9-10-18(23(20)30)24(31)32)35-25-19-15-37(22(38)14-21(19)33-17(2)34-25)28(6)12-13-36(16-28)26(39)40-27(3,4)5/h8-11,14-15,24H,1,12-13,16H2,2-7H3,(H,33,34,35). The number of alkyl halides is 2. The zero-order valence-corrected chi connectivity index (χ0v) is 23.5. The summed E-state index contributed by atoms with van der Waals surface area (Å²) in [6.45, 7) is 15.0. The zero-order chi connectivity index (χ0) is 29.6. The first-order chi connectivity index (χ1) is 18.6. The van der Waals surface area contributed by atoms with E-state index in [1.165, 1.54) is 24.3 Å². The van der Waals surface area contributed by atoms with Crippen LogP contribution < -0.4 is 10.9 Å². The van der Waals surface area contributed by atoms with Crippen LogP contribution in [0.3, 0.4) is 0 Å². The van der Waals surface area contributed by atoms with Gasteiger partial charge in [-0.15, -0.1) is 6.58 Å². The summed E-state index contributed by atoms with van der Waals surface area (Å²) in [4.78, 5) is 36.4. The number of halogens is 3. The van der Waals surface area contributed by atoms with Gasteiger partial charge < -0.3 is 19.5 Å². The van der Waals surface area contributed by atoms with E-state index in [1.54, 1.807) is 50.3 Å².